The molecule has 0 saturated heterocycles. The monoisotopic (exact) mass is 253 g/mol. The number of nitrogens with one attached hydrogen (secondary N) is 1. The van der Waals surface area contributed by atoms with Gasteiger partial charge in [0.2, 0.25) is 0 Å². The normalized spacial score (nSPS) is 17.9. The Morgan fingerprint density at radius 1 is 1.06 bits per heavy atom. The minimum atomic E-state index is -3.11. The molecule has 0 aromatic heterocycles. The number of benzene rings is 1. The average Bonchev–Trinajstić information content (AvgIpc) is 2.40. The fourth-order valence-corrected chi connectivity index (χ4v) is 4.23. The maximum Gasteiger partial charge on any atom is 0.181 e. The van der Waals surface area contributed by atoms with E-state index in [4.69, 9.17) is 0 Å². The molecule has 2 rings (SSSR count). The van der Waals surface area contributed by atoms with Gasteiger partial charge in [-0.1, -0.05) is 19.3 Å². The smallest absolute Gasteiger partial charge is 0.181 e. The molecule has 0 aliphatic heterocycles. The molecule has 1 saturated carbocycles. The molecule has 0 radical (unpaired) electrons. The molecule has 1 aliphatic rings. The number of hydrogen-bond donors (Lipinski definition) is 1. The van der Waals surface area contributed by atoms with Crippen LogP contribution in [0.5, 0.6) is 0 Å². The Bertz CT molecular complexity index is 459. The number of sulfone groups is 1. The van der Waals surface area contributed by atoms with Crippen LogP contribution < -0.4 is 5.32 Å². The van der Waals surface area contributed by atoms with Crippen LogP contribution in [0, 0.1) is 0 Å². The van der Waals surface area contributed by atoms with Gasteiger partial charge in [-0.3, -0.25) is 0 Å². The fourth-order valence-electron chi connectivity index (χ4n) is 2.38. The van der Waals surface area contributed by atoms with E-state index in [-0.39, 0.29) is 5.25 Å². The lowest BCUT2D eigenvalue weighted by molar-refractivity contribution is 0.483. The first-order valence-electron chi connectivity index (χ1n) is 6.16. The predicted octanol–water partition coefficient (Wildman–Crippen LogP) is 2.83. The number of rotatable bonds is 3. The second-order valence-corrected chi connectivity index (χ2v) is 6.81. The fraction of sp³-hybridized carbons (Fsp3) is 0.538. The highest BCUT2D eigenvalue weighted by Crippen LogP contribution is 2.28. The van der Waals surface area contributed by atoms with Gasteiger partial charge in [-0.2, -0.15) is 0 Å². The molecule has 0 amide bonds. The van der Waals surface area contributed by atoms with Crippen LogP contribution in [0.4, 0.5) is 5.69 Å². The standard InChI is InChI=1S/C13H19NO2S/c1-14-11-7-9-13(10-8-11)17(15,16)12-5-3-2-4-6-12/h7-10,12,14H,2-6H2,1H3. The molecule has 1 N–H and O–H groups in total. The highest BCUT2D eigenvalue weighted by Gasteiger charge is 2.28. The zero-order valence-electron chi connectivity index (χ0n) is 10.1. The lowest BCUT2D eigenvalue weighted by atomic mass is 10.0. The molecule has 4 heteroatoms. The van der Waals surface area contributed by atoms with Crippen LogP contribution in [-0.4, -0.2) is 20.7 Å². The van der Waals surface area contributed by atoms with Crippen LogP contribution in [0.3, 0.4) is 0 Å². The van der Waals surface area contributed by atoms with Crippen molar-refractivity contribution in [1.82, 2.24) is 0 Å². The van der Waals surface area contributed by atoms with E-state index in [1.807, 2.05) is 19.2 Å². The summed E-state index contributed by atoms with van der Waals surface area (Å²) in [5.41, 5.74) is 0.938. The topological polar surface area (TPSA) is 46.2 Å². The second kappa shape index (κ2) is 5.08. The van der Waals surface area contributed by atoms with Crippen molar-refractivity contribution in [2.75, 3.05) is 12.4 Å². The molecule has 17 heavy (non-hydrogen) atoms. The third-order valence-electron chi connectivity index (χ3n) is 3.46. The molecule has 0 bridgehead atoms. The first-order valence-corrected chi connectivity index (χ1v) is 7.71. The molecule has 3 nitrogen and oxygen atoms in total. The lowest BCUT2D eigenvalue weighted by Gasteiger charge is -2.21. The van der Waals surface area contributed by atoms with Crippen molar-refractivity contribution >= 4 is 15.5 Å². The highest BCUT2D eigenvalue weighted by molar-refractivity contribution is 7.92. The van der Waals surface area contributed by atoms with Gasteiger partial charge in [-0.05, 0) is 37.1 Å². The molecule has 1 aromatic rings. The molecule has 94 valence electrons. The second-order valence-electron chi connectivity index (χ2n) is 4.58. The Morgan fingerprint density at radius 2 is 1.65 bits per heavy atom. The van der Waals surface area contributed by atoms with E-state index in [1.54, 1.807) is 12.1 Å². The summed E-state index contributed by atoms with van der Waals surface area (Å²) in [7, 11) is -1.29. The first kappa shape index (κ1) is 12.4. The average molecular weight is 253 g/mol. The largest absolute Gasteiger partial charge is 0.388 e. The molecule has 1 fully saturated rings. The Morgan fingerprint density at radius 3 is 2.18 bits per heavy atom. The lowest BCUT2D eigenvalue weighted by Crippen LogP contribution is -2.24. The van der Waals surface area contributed by atoms with E-state index < -0.39 is 9.84 Å². The summed E-state index contributed by atoms with van der Waals surface area (Å²) in [6, 6.07) is 7.04. The van der Waals surface area contributed by atoms with Crippen molar-refractivity contribution in [3.63, 3.8) is 0 Å². The molecular weight excluding hydrogens is 234 g/mol. The highest BCUT2D eigenvalue weighted by atomic mass is 32.2. The van der Waals surface area contributed by atoms with Crippen molar-refractivity contribution in [3.8, 4) is 0 Å². The van der Waals surface area contributed by atoms with E-state index in [1.165, 1.54) is 6.42 Å². The van der Waals surface area contributed by atoms with Gasteiger partial charge in [0.15, 0.2) is 9.84 Å². The van der Waals surface area contributed by atoms with Crippen LogP contribution in [0.1, 0.15) is 32.1 Å². The van der Waals surface area contributed by atoms with Gasteiger partial charge in [0, 0.05) is 12.7 Å². The minimum Gasteiger partial charge on any atom is -0.388 e. The maximum absolute atomic E-state index is 12.4. The molecule has 1 aromatic carbocycles. The van der Waals surface area contributed by atoms with Gasteiger partial charge in [0.05, 0.1) is 10.1 Å². The molecule has 1 aliphatic carbocycles. The summed E-state index contributed by atoms with van der Waals surface area (Å²) in [6.07, 6.45) is 4.88. The van der Waals surface area contributed by atoms with Crippen LogP contribution in [0.25, 0.3) is 0 Å². The van der Waals surface area contributed by atoms with Gasteiger partial charge in [-0.25, -0.2) is 8.42 Å². The summed E-state index contributed by atoms with van der Waals surface area (Å²) >= 11 is 0. The van der Waals surface area contributed by atoms with Crippen LogP contribution in [-0.2, 0) is 9.84 Å². The molecule has 0 heterocycles. The van der Waals surface area contributed by atoms with Gasteiger partial charge in [0.1, 0.15) is 0 Å². The van der Waals surface area contributed by atoms with Crippen molar-refractivity contribution in [2.24, 2.45) is 0 Å². The minimum absolute atomic E-state index is 0.170. The first-order chi connectivity index (χ1) is 8.14. The summed E-state index contributed by atoms with van der Waals surface area (Å²) in [5, 5.41) is 2.82. The SMILES string of the molecule is CNc1ccc(S(=O)(=O)C2CCCCC2)cc1. The Balaban J connectivity index is 2.23. The quantitative estimate of drug-likeness (QED) is 0.901. The molecule has 0 unspecified atom stereocenters. The van der Waals surface area contributed by atoms with Crippen molar-refractivity contribution in [2.45, 2.75) is 42.2 Å². The summed E-state index contributed by atoms with van der Waals surface area (Å²) in [6.45, 7) is 0. The van der Waals surface area contributed by atoms with Crippen molar-refractivity contribution < 1.29 is 8.42 Å². The van der Waals surface area contributed by atoms with Gasteiger partial charge >= 0.3 is 0 Å². The van der Waals surface area contributed by atoms with Gasteiger partial charge < -0.3 is 5.32 Å². The van der Waals surface area contributed by atoms with Crippen molar-refractivity contribution in [3.05, 3.63) is 24.3 Å². The zero-order valence-corrected chi connectivity index (χ0v) is 11.0. The summed E-state index contributed by atoms with van der Waals surface area (Å²) in [5.74, 6) is 0. The van der Waals surface area contributed by atoms with E-state index >= 15 is 0 Å². The molecule has 0 spiro atoms. The molecule has 0 atom stereocenters. The third kappa shape index (κ3) is 2.63. The number of hydrogen-bond acceptors (Lipinski definition) is 3. The van der Waals surface area contributed by atoms with E-state index in [9.17, 15) is 8.42 Å². The zero-order chi connectivity index (χ0) is 12.3. The van der Waals surface area contributed by atoms with E-state index in [0.717, 1.165) is 31.4 Å². The van der Waals surface area contributed by atoms with Crippen molar-refractivity contribution in [1.29, 1.82) is 0 Å². The summed E-state index contributed by atoms with van der Waals surface area (Å²) in [4.78, 5) is 0.461. The predicted molar refractivity (Wildman–Crippen MR) is 70.0 cm³/mol. The Hall–Kier alpha value is -1.03. The maximum atomic E-state index is 12.4. The number of anilines is 1. The van der Waals surface area contributed by atoms with E-state index in [0.29, 0.717) is 4.90 Å². The Kier molecular flexibility index (Phi) is 3.72. The Labute approximate surface area is 103 Å². The van der Waals surface area contributed by atoms with Crippen LogP contribution >= 0.6 is 0 Å². The van der Waals surface area contributed by atoms with Crippen LogP contribution in [0.15, 0.2) is 29.2 Å². The van der Waals surface area contributed by atoms with Gasteiger partial charge in [-0.15, -0.1) is 0 Å². The third-order valence-corrected chi connectivity index (χ3v) is 5.74. The van der Waals surface area contributed by atoms with E-state index in [2.05, 4.69) is 5.32 Å². The molecular formula is C13H19NO2S. The van der Waals surface area contributed by atoms with Gasteiger partial charge in [0.25, 0.3) is 0 Å². The summed E-state index contributed by atoms with van der Waals surface area (Å²) < 4.78 is 24.7. The van der Waals surface area contributed by atoms with Crippen LogP contribution in [0.2, 0.25) is 0 Å².